The molecule has 1 heteroatoms. The summed E-state index contributed by atoms with van der Waals surface area (Å²) >= 11 is 0. The fourth-order valence-electron chi connectivity index (χ4n) is 3.59. The van der Waals surface area contributed by atoms with Gasteiger partial charge in [-0.1, -0.05) is 54.6 Å². The van der Waals surface area contributed by atoms with Crippen LogP contribution in [0.15, 0.2) is 73.3 Å². The number of rotatable bonds is 3. The fourth-order valence-corrected chi connectivity index (χ4v) is 3.59. The quantitative estimate of drug-likeness (QED) is 0.402. The molecule has 0 radical (unpaired) electrons. The maximum absolute atomic E-state index is 3.91. The van der Waals surface area contributed by atoms with E-state index in [2.05, 4.69) is 78.7 Å². The molecule has 0 saturated carbocycles. The summed E-state index contributed by atoms with van der Waals surface area (Å²) in [5, 5.41) is 5.34. The number of para-hydroxylation sites is 1. The van der Waals surface area contributed by atoms with Gasteiger partial charge in [-0.2, -0.15) is 0 Å². The van der Waals surface area contributed by atoms with Crippen LogP contribution in [0.3, 0.4) is 0 Å². The van der Waals surface area contributed by atoms with E-state index in [9.17, 15) is 0 Å². The highest BCUT2D eigenvalue weighted by Crippen LogP contribution is 2.37. The molecule has 3 aromatic carbocycles. The molecular weight excluding hydrogens is 266 g/mol. The molecule has 22 heavy (non-hydrogen) atoms. The van der Waals surface area contributed by atoms with Gasteiger partial charge in [0.1, 0.15) is 0 Å². The molecule has 0 aliphatic heterocycles. The van der Waals surface area contributed by atoms with Gasteiger partial charge in [0.25, 0.3) is 0 Å². The van der Waals surface area contributed by atoms with E-state index < -0.39 is 0 Å². The van der Waals surface area contributed by atoms with E-state index in [1.165, 1.54) is 32.6 Å². The highest BCUT2D eigenvalue weighted by atomic mass is 15.0. The Morgan fingerprint density at radius 2 is 1.64 bits per heavy atom. The Labute approximate surface area is 130 Å². The Hall–Kier alpha value is -2.54. The van der Waals surface area contributed by atoms with E-state index in [4.69, 9.17) is 0 Å². The van der Waals surface area contributed by atoms with Crippen LogP contribution in [0.25, 0.3) is 32.6 Å². The molecule has 0 amide bonds. The summed E-state index contributed by atoms with van der Waals surface area (Å²) in [6.07, 6.45) is 2.98. The molecule has 108 valence electrons. The lowest BCUT2D eigenvalue weighted by Gasteiger charge is -2.15. The molecule has 0 aliphatic carbocycles. The number of hydrogen-bond acceptors (Lipinski definition) is 0. The summed E-state index contributed by atoms with van der Waals surface area (Å²) in [5.74, 6) is 0. The average Bonchev–Trinajstić information content (AvgIpc) is 2.90. The van der Waals surface area contributed by atoms with Crippen LogP contribution in [0.2, 0.25) is 0 Å². The summed E-state index contributed by atoms with van der Waals surface area (Å²) in [5.41, 5.74) is 2.62. The first kappa shape index (κ1) is 13.1. The van der Waals surface area contributed by atoms with Gasteiger partial charge < -0.3 is 4.57 Å². The molecule has 1 nitrogen and oxygen atoms in total. The molecule has 4 aromatic rings. The summed E-state index contributed by atoms with van der Waals surface area (Å²) < 4.78 is 2.46. The van der Waals surface area contributed by atoms with Crippen molar-refractivity contribution in [1.82, 2.24) is 4.57 Å². The van der Waals surface area contributed by atoms with Crippen molar-refractivity contribution in [2.45, 2.75) is 19.4 Å². The van der Waals surface area contributed by atoms with E-state index in [-0.39, 0.29) is 0 Å². The first-order chi connectivity index (χ1) is 10.8. The Morgan fingerprint density at radius 3 is 2.45 bits per heavy atom. The van der Waals surface area contributed by atoms with Crippen LogP contribution < -0.4 is 0 Å². The standard InChI is InChI=1S/C21H19N/c1-3-8-15(2)22-19-12-7-6-11-18(19)21-17-10-5-4-9-16(17)13-14-20(21)22/h3-7,9-15H,1,8H2,2H3. The zero-order valence-electron chi connectivity index (χ0n) is 12.8. The summed E-state index contributed by atoms with van der Waals surface area (Å²) in [6, 6.07) is 22.3. The van der Waals surface area contributed by atoms with Crippen LogP contribution in [-0.4, -0.2) is 4.57 Å². The predicted molar refractivity (Wildman–Crippen MR) is 96.5 cm³/mol. The predicted octanol–water partition coefficient (Wildman–Crippen LogP) is 6.08. The third kappa shape index (κ3) is 1.79. The largest absolute Gasteiger partial charge is 0.337 e. The van der Waals surface area contributed by atoms with Gasteiger partial charge in [0.05, 0.1) is 5.52 Å². The number of allylic oxidation sites excluding steroid dienone is 1. The minimum atomic E-state index is 0.404. The normalized spacial score (nSPS) is 13.0. The van der Waals surface area contributed by atoms with Crippen molar-refractivity contribution in [3.8, 4) is 0 Å². The minimum Gasteiger partial charge on any atom is -0.337 e. The van der Waals surface area contributed by atoms with Crippen molar-refractivity contribution < 1.29 is 0 Å². The van der Waals surface area contributed by atoms with Gasteiger partial charge in [-0.05, 0) is 36.2 Å². The van der Waals surface area contributed by atoms with E-state index in [1.54, 1.807) is 0 Å². The van der Waals surface area contributed by atoms with Crippen LogP contribution in [-0.2, 0) is 0 Å². The van der Waals surface area contributed by atoms with Crippen LogP contribution in [0.1, 0.15) is 19.4 Å². The minimum absolute atomic E-state index is 0.404. The highest BCUT2D eigenvalue weighted by Gasteiger charge is 2.15. The zero-order chi connectivity index (χ0) is 15.1. The smallest absolute Gasteiger partial charge is 0.0500 e. The van der Waals surface area contributed by atoms with E-state index >= 15 is 0 Å². The number of hydrogen-bond donors (Lipinski definition) is 0. The summed E-state index contributed by atoms with van der Waals surface area (Å²) in [7, 11) is 0. The average molecular weight is 285 g/mol. The van der Waals surface area contributed by atoms with Crippen molar-refractivity contribution >= 4 is 32.6 Å². The Kier molecular flexibility index (Phi) is 3.00. The van der Waals surface area contributed by atoms with E-state index in [1.807, 2.05) is 6.08 Å². The molecule has 0 bridgehead atoms. The number of nitrogens with zero attached hydrogens (tertiary/aromatic N) is 1. The zero-order valence-corrected chi connectivity index (χ0v) is 12.8. The highest BCUT2D eigenvalue weighted by molar-refractivity contribution is 6.20. The van der Waals surface area contributed by atoms with Crippen molar-refractivity contribution in [3.63, 3.8) is 0 Å². The number of aromatic nitrogens is 1. The first-order valence-electron chi connectivity index (χ1n) is 7.82. The molecule has 0 N–H and O–H groups in total. The molecule has 0 spiro atoms. The van der Waals surface area contributed by atoms with Gasteiger partial charge in [0.15, 0.2) is 0 Å². The lowest BCUT2D eigenvalue weighted by atomic mass is 10.0. The van der Waals surface area contributed by atoms with Crippen molar-refractivity contribution in [2.24, 2.45) is 0 Å². The first-order valence-corrected chi connectivity index (χ1v) is 7.82. The second kappa shape index (κ2) is 5.03. The SMILES string of the molecule is C=CCC(C)n1c2ccccc2c2c3ccccc3ccc21. The van der Waals surface area contributed by atoms with Crippen LogP contribution in [0.5, 0.6) is 0 Å². The van der Waals surface area contributed by atoms with Gasteiger partial charge in [-0.15, -0.1) is 6.58 Å². The second-order valence-corrected chi connectivity index (χ2v) is 5.94. The molecule has 0 saturated heterocycles. The molecular formula is C21H19N. The number of fused-ring (bicyclic) bond motifs is 5. The van der Waals surface area contributed by atoms with Crippen molar-refractivity contribution in [1.29, 1.82) is 0 Å². The van der Waals surface area contributed by atoms with Gasteiger partial charge >= 0.3 is 0 Å². The maximum atomic E-state index is 3.91. The molecule has 1 aromatic heterocycles. The van der Waals surface area contributed by atoms with Crippen LogP contribution in [0.4, 0.5) is 0 Å². The van der Waals surface area contributed by atoms with E-state index in [0.29, 0.717) is 6.04 Å². The van der Waals surface area contributed by atoms with E-state index in [0.717, 1.165) is 6.42 Å². The Bertz CT molecular complexity index is 991. The molecule has 4 rings (SSSR count). The summed E-state index contributed by atoms with van der Waals surface area (Å²) in [4.78, 5) is 0. The Morgan fingerprint density at radius 1 is 0.909 bits per heavy atom. The molecule has 1 heterocycles. The number of benzene rings is 3. The van der Waals surface area contributed by atoms with Gasteiger partial charge in [-0.25, -0.2) is 0 Å². The lowest BCUT2D eigenvalue weighted by Crippen LogP contribution is -2.03. The molecule has 1 atom stereocenters. The second-order valence-electron chi connectivity index (χ2n) is 5.94. The van der Waals surface area contributed by atoms with Crippen LogP contribution >= 0.6 is 0 Å². The van der Waals surface area contributed by atoms with Crippen LogP contribution in [0, 0.1) is 0 Å². The topological polar surface area (TPSA) is 4.93 Å². The van der Waals surface area contributed by atoms with Crippen molar-refractivity contribution in [2.75, 3.05) is 0 Å². The molecule has 0 aliphatic rings. The third-order valence-corrected chi connectivity index (χ3v) is 4.55. The fraction of sp³-hybridized carbons (Fsp3) is 0.143. The Balaban J connectivity index is 2.22. The van der Waals surface area contributed by atoms with Gasteiger partial charge in [-0.3, -0.25) is 0 Å². The maximum Gasteiger partial charge on any atom is 0.0500 e. The van der Waals surface area contributed by atoms with Gasteiger partial charge in [0, 0.05) is 22.3 Å². The van der Waals surface area contributed by atoms with Crippen molar-refractivity contribution in [3.05, 3.63) is 73.3 Å². The third-order valence-electron chi connectivity index (χ3n) is 4.55. The lowest BCUT2D eigenvalue weighted by molar-refractivity contribution is 0.591. The molecule has 0 fully saturated rings. The monoisotopic (exact) mass is 285 g/mol. The molecule has 1 unspecified atom stereocenters. The van der Waals surface area contributed by atoms with Gasteiger partial charge in [0.2, 0.25) is 0 Å². The summed E-state index contributed by atoms with van der Waals surface area (Å²) in [6.45, 7) is 6.17.